The maximum absolute atomic E-state index is 4.60. The summed E-state index contributed by atoms with van der Waals surface area (Å²) in [4.78, 5) is 11.3. The predicted molar refractivity (Wildman–Crippen MR) is 103 cm³/mol. The standard InChI is InChI=1S/C19H33N5/c1-4-5-6-9-16(2)23-19(20-3)22-15-17-10-11-18(21-14-17)24-12-7-8-13-24/h10-11,14,16H,4-9,12-13,15H2,1-3H3,(H2,20,22,23). The Balaban J connectivity index is 1.76. The maximum Gasteiger partial charge on any atom is 0.191 e. The molecule has 5 heteroatoms. The van der Waals surface area contributed by atoms with Gasteiger partial charge >= 0.3 is 0 Å². The van der Waals surface area contributed by atoms with Gasteiger partial charge in [0, 0.05) is 38.9 Å². The van der Waals surface area contributed by atoms with Crippen LogP contribution in [0.5, 0.6) is 0 Å². The van der Waals surface area contributed by atoms with Gasteiger partial charge in [0.1, 0.15) is 5.82 Å². The minimum atomic E-state index is 0.443. The highest BCUT2D eigenvalue weighted by Gasteiger charge is 2.13. The minimum Gasteiger partial charge on any atom is -0.357 e. The van der Waals surface area contributed by atoms with Gasteiger partial charge in [0.05, 0.1) is 0 Å². The molecule has 2 N–H and O–H groups in total. The van der Waals surface area contributed by atoms with Crippen LogP contribution in [0.3, 0.4) is 0 Å². The highest BCUT2D eigenvalue weighted by molar-refractivity contribution is 5.79. The van der Waals surface area contributed by atoms with Crippen LogP contribution >= 0.6 is 0 Å². The van der Waals surface area contributed by atoms with Crippen molar-refractivity contribution in [2.24, 2.45) is 4.99 Å². The summed E-state index contributed by atoms with van der Waals surface area (Å²) < 4.78 is 0. The van der Waals surface area contributed by atoms with E-state index in [1.54, 1.807) is 0 Å². The normalized spacial score (nSPS) is 16.3. The van der Waals surface area contributed by atoms with Crippen LogP contribution in [0.1, 0.15) is 57.9 Å². The summed E-state index contributed by atoms with van der Waals surface area (Å²) in [5.41, 5.74) is 1.18. The van der Waals surface area contributed by atoms with E-state index in [2.05, 4.69) is 51.5 Å². The number of rotatable bonds is 8. The van der Waals surface area contributed by atoms with Crippen LogP contribution in [0, 0.1) is 0 Å². The minimum absolute atomic E-state index is 0.443. The lowest BCUT2D eigenvalue weighted by Gasteiger charge is -2.18. The fourth-order valence-corrected chi connectivity index (χ4v) is 3.04. The van der Waals surface area contributed by atoms with Crippen LogP contribution in [-0.4, -0.2) is 37.1 Å². The van der Waals surface area contributed by atoms with Gasteiger partial charge in [-0.1, -0.05) is 32.3 Å². The van der Waals surface area contributed by atoms with Crippen LogP contribution in [0.15, 0.2) is 23.3 Å². The molecule has 5 nitrogen and oxygen atoms in total. The largest absolute Gasteiger partial charge is 0.357 e. The van der Waals surface area contributed by atoms with E-state index in [9.17, 15) is 0 Å². The number of aliphatic imine (C=N–C) groups is 1. The number of guanidine groups is 1. The summed E-state index contributed by atoms with van der Waals surface area (Å²) in [5.74, 6) is 1.96. The molecule has 1 atom stereocenters. The van der Waals surface area contributed by atoms with E-state index in [1.807, 2.05) is 13.2 Å². The molecule has 24 heavy (non-hydrogen) atoms. The third kappa shape index (κ3) is 6.02. The summed E-state index contributed by atoms with van der Waals surface area (Å²) in [5, 5.41) is 6.84. The van der Waals surface area contributed by atoms with Gasteiger partial charge in [0.25, 0.3) is 0 Å². The Kier molecular flexibility index (Phi) is 7.86. The first-order valence-corrected chi connectivity index (χ1v) is 9.40. The molecule has 1 aromatic heterocycles. The number of hydrogen-bond acceptors (Lipinski definition) is 3. The van der Waals surface area contributed by atoms with Gasteiger partial charge < -0.3 is 15.5 Å². The Morgan fingerprint density at radius 3 is 2.71 bits per heavy atom. The molecule has 1 aliphatic heterocycles. The molecule has 1 fully saturated rings. The summed E-state index contributed by atoms with van der Waals surface area (Å²) in [6.45, 7) is 7.47. The van der Waals surface area contributed by atoms with E-state index >= 15 is 0 Å². The lowest BCUT2D eigenvalue weighted by atomic mass is 10.1. The van der Waals surface area contributed by atoms with Gasteiger partial charge in [0.2, 0.25) is 0 Å². The highest BCUT2D eigenvalue weighted by Crippen LogP contribution is 2.17. The van der Waals surface area contributed by atoms with Crippen molar-refractivity contribution in [1.29, 1.82) is 0 Å². The smallest absolute Gasteiger partial charge is 0.191 e. The average molecular weight is 332 g/mol. The molecule has 0 spiro atoms. The van der Waals surface area contributed by atoms with Gasteiger partial charge in [-0.05, 0) is 37.8 Å². The van der Waals surface area contributed by atoms with Gasteiger partial charge in [-0.25, -0.2) is 4.98 Å². The molecule has 0 aromatic carbocycles. The van der Waals surface area contributed by atoms with Gasteiger partial charge in [-0.3, -0.25) is 4.99 Å². The second-order valence-electron chi connectivity index (χ2n) is 6.69. The first-order valence-electron chi connectivity index (χ1n) is 9.40. The van der Waals surface area contributed by atoms with Crippen molar-refractivity contribution >= 4 is 11.8 Å². The van der Waals surface area contributed by atoms with E-state index in [1.165, 1.54) is 44.1 Å². The molecule has 1 unspecified atom stereocenters. The number of nitrogens with zero attached hydrogens (tertiary/aromatic N) is 3. The Bertz CT molecular complexity index is 491. The van der Waals surface area contributed by atoms with Gasteiger partial charge in [0.15, 0.2) is 5.96 Å². The van der Waals surface area contributed by atoms with E-state index in [0.717, 1.165) is 31.4 Å². The molecular formula is C19H33N5. The second-order valence-corrected chi connectivity index (χ2v) is 6.69. The molecule has 134 valence electrons. The maximum atomic E-state index is 4.60. The monoisotopic (exact) mass is 331 g/mol. The molecule has 1 saturated heterocycles. The van der Waals surface area contributed by atoms with E-state index in [-0.39, 0.29) is 0 Å². The number of pyridine rings is 1. The van der Waals surface area contributed by atoms with Crippen LogP contribution in [-0.2, 0) is 6.54 Å². The quantitative estimate of drug-likeness (QED) is 0.436. The molecule has 0 aliphatic carbocycles. The number of aromatic nitrogens is 1. The van der Waals surface area contributed by atoms with Crippen LogP contribution < -0.4 is 15.5 Å². The molecule has 0 amide bonds. The molecular weight excluding hydrogens is 298 g/mol. The van der Waals surface area contributed by atoms with E-state index < -0.39 is 0 Å². The third-order valence-electron chi connectivity index (χ3n) is 4.55. The number of nitrogens with one attached hydrogen (secondary N) is 2. The van der Waals surface area contributed by atoms with Crippen molar-refractivity contribution in [3.05, 3.63) is 23.9 Å². The SMILES string of the molecule is CCCCCC(C)NC(=NC)NCc1ccc(N2CCCC2)nc1. The topological polar surface area (TPSA) is 52.6 Å². The number of hydrogen-bond donors (Lipinski definition) is 2. The van der Waals surface area contributed by atoms with Gasteiger partial charge in [-0.2, -0.15) is 0 Å². The Labute approximate surface area is 147 Å². The lowest BCUT2D eigenvalue weighted by molar-refractivity contribution is 0.546. The van der Waals surface area contributed by atoms with Crippen molar-refractivity contribution in [2.45, 2.75) is 65.0 Å². The first-order chi connectivity index (χ1) is 11.7. The molecule has 0 saturated carbocycles. The molecule has 0 radical (unpaired) electrons. The summed E-state index contributed by atoms with van der Waals surface area (Å²) in [6, 6.07) is 4.73. The summed E-state index contributed by atoms with van der Waals surface area (Å²) in [7, 11) is 1.82. The van der Waals surface area contributed by atoms with Crippen molar-refractivity contribution in [1.82, 2.24) is 15.6 Å². The van der Waals surface area contributed by atoms with E-state index in [0.29, 0.717) is 6.04 Å². The second kappa shape index (κ2) is 10.2. The predicted octanol–water partition coefficient (Wildman–Crippen LogP) is 3.32. The Morgan fingerprint density at radius 2 is 2.08 bits per heavy atom. The fourth-order valence-electron chi connectivity index (χ4n) is 3.04. The zero-order valence-corrected chi connectivity index (χ0v) is 15.5. The van der Waals surface area contributed by atoms with Crippen molar-refractivity contribution in [3.63, 3.8) is 0 Å². The summed E-state index contributed by atoms with van der Waals surface area (Å²) in [6.07, 6.45) is 9.54. The fraction of sp³-hybridized carbons (Fsp3) is 0.684. The number of anilines is 1. The number of unbranched alkanes of at least 4 members (excludes halogenated alkanes) is 2. The molecule has 1 aromatic rings. The molecule has 1 aliphatic rings. The zero-order valence-electron chi connectivity index (χ0n) is 15.5. The zero-order chi connectivity index (χ0) is 17.2. The van der Waals surface area contributed by atoms with Crippen LogP contribution in [0.4, 0.5) is 5.82 Å². The average Bonchev–Trinajstić information content (AvgIpc) is 3.14. The van der Waals surface area contributed by atoms with Crippen LogP contribution in [0.2, 0.25) is 0 Å². The molecule has 2 heterocycles. The van der Waals surface area contributed by atoms with Gasteiger partial charge in [-0.15, -0.1) is 0 Å². The van der Waals surface area contributed by atoms with Crippen LogP contribution in [0.25, 0.3) is 0 Å². The molecule has 0 bridgehead atoms. The first kappa shape index (κ1) is 18.6. The van der Waals surface area contributed by atoms with Crippen molar-refractivity contribution in [2.75, 3.05) is 25.0 Å². The third-order valence-corrected chi connectivity index (χ3v) is 4.55. The highest BCUT2D eigenvalue weighted by atomic mass is 15.2. The molecule has 2 rings (SSSR count). The summed E-state index contributed by atoms with van der Waals surface area (Å²) >= 11 is 0. The lowest BCUT2D eigenvalue weighted by Crippen LogP contribution is -2.41. The van der Waals surface area contributed by atoms with Crippen molar-refractivity contribution in [3.8, 4) is 0 Å². The van der Waals surface area contributed by atoms with Crippen molar-refractivity contribution < 1.29 is 0 Å². The Morgan fingerprint density at radius 1 is 1.29 bits per heavy atom. The Hall–Kier alpha value is -1.78. The van der Waals surface area contributed by atoms with E-state index in [4.69, 9.17) is 0 Å².